The summed E-state index contributed by atoms with van der Waals surface area (Å²) in [7, 11) is 0. The molecule has 0 spiro atoms. The van der Waals surface area contributed by atoms with Gasteiger partial charge in [0, 0.05) is 24.4 Å². The van der Waals surface area contributed by atoms with Crippen molar-refractivity contribution in [3.63, 3.8) is 0 Å². The van der Waals surface area contributed by atoms with Crippen molar-refractivity contribution >= 4 is 15.9 Å². The maximum absolute atomic E-state index is 5.07. The molecule has 0 saturated heterocycles. The van der Waals surface area contributed by atoms with Crippen LogP contribution in [0, 0.1) is 0 Å². The predicted molar refractivity (Wildman–Crippen MR) is 60.3 cm³/mol. The Morgan fingerprint density at radius 2 is 2.38 bits per heavy atom. The molecule has 2 heterocycles. The van der Waals surface area contributed by atoms with Crippen molar-refractivity contribution < 1.29 is 4.52 Å². The van der Waals surface area contributed by atoms with Gasteiger partial charge in [0.25, 0.3) is 0 Å². The number of hydrogen-bond acceptors (Lipinski definition) is 5. The number of hydrogen-bond donors (Lipinski definition) is 0. The fraction of sp³-hybridized carbons (Fsp3) is 0.556. The number of aryl methyl sites for hydroxylation is 2. The molecule has 6 nitrogen and oxygen atoms in total. The van der Waals surface area contributed by atoms with Gasteiger partial charge in [-0.3, -0.25) is 0 Å². The molecule has 2 aromatic rings. The Kier molecular flexibility index (Phi) is 3.66. The third-order valence-electron chi connectivity index (χ3n) is 2.06. The molecule has 0 aliphatic carbocycles. The average molecular weight is 286 g/mol. The van der Waals surface area contributed by atoms with E-state index in [-0.39, 0.29) is 0 Å². The van der Waals surface area contributed by atoms with Crippen LogP contribution in [-0.4, -0.2) is 30.5 Å². The lowest BCUT2D eigenvalue weighted by Crippen LogP contribution is -2.00. The van der Waals surface area contributed by atoms with Crippen molar-refractivity contribution in [2.45, 2.75) is 26.3 Å². The normalized spacial score (nSPS) is 10.9. The highest BCUT2D eigenvalue weighted by Crippen LogP contribution is 2.02. The van der Waals surface area contributed by atoms with Crippen LogP contribution in [0.15, 0.2) is 10.7 Å². The zero-order chi connectivity index (χ0) is 11.4. The average Bonchev–Trinajstić information content (AvgIpc) is 2.89. The monoisotopic (exact) mass is 285 g/mol. The van der Waals surface area contributed by atoms with Crippen molar-refractivity contribution in [3.8, 4) is 0 Å². The number of aromatic nitrogens is 5. The first kappa shape index (κ1) is 11.3. The first-order valence-corrected chi connectivity index (χ1v) is 6.20. The van der Waals surface area contributed by atoms with Crippen molar-refractivity contribution in [1.29, 1.82) is 0 Å². The summed E-state index contributed by atoms with van der Waals surface area (Å²) in [5.41, 5.74) is 0.951. The van der Waals surface area contributed by atoms with E-state index in [1.807, 2.05) is 13.1 Å². The maximum atomic E-state index is 5.07. The maximum Gasteiger partial charge on any atom is 0.248 e. The van der Waals surface area contributed by atoms with E-state index < -0.39 is 0 Å². The first-order valence-electron chi connectivity index (χ1n) is 5.08. The highest BCUT2D eigenvalue weighted by molar-refractivity contribution is 9.09. The van der Waals surface area contributed by atoms with Crippen LogP contribution in [0.1, 0.15) is 24.3 Å². The fourth-order valence-electron chi connectivity index (χ4n) is 1.26. The third-order valence-corrected chi connectivity index (χ3v) is 2.46. The van der Waals surface area contributed by atoms with Gasteiger partial charge < -0.3 is 4.52 Å². The van der Waals surface area contributed by atoms with Gasteiger partial charge in [-0.2, -0.15) is 4.98 Å². The molecule has 0 amide bonds. The summed E-state index contributed by atoms with van der Waals surface area (Å²) in [6, 6.07) is 0. The summed E-state index contributed by atoms with van der Waals surface area (Å²) >= 11 is 3.36. The van der Waals surface area contributed by atoms with E-state index in [4.69, 9.17) is 4.52 Å². The van der Waals surface area contributed by atoms with E-state index in [9.17, 15) is 0 Å². The highest BCUT2D eigenvalue weighted by Gasteiger charge is 2.07. The fourth-order valence-corrected chi connectivity index (χ4v) is 1.67. The van der Waals surface area contributed by atoms with Crippen molar-refractivity contribution in [3.05, 3.63) is 23.6 Å². The molecule has 16 heavy (non-hydrogen) atoms. The molecule has 0 N–H and O–H groups in total. The number of nitrogens with zero attached hydrogens (tertiary/aromatic N) is 5. The Balaban J connectivity index is 2.02. The molecule has 2 rings (SSSR count). The molecule has 7 heteroatoms. The van der Waals surface area contributed by atoms with Crippen LogP contribution in [0.2, 0.25) is 0 Å². The molecule has 0 radical (unpaired) electrons. The van der Waals surface area contributed by atoms with Gasteiger partial charge in [0.05, 0.1) is 5.69 Å². The van der Waals surface area contributed by atoms with Gasteiger partial charge in [-0.15, -0.1) is 5.10 Å². The Morgan fingerprint density at radius 3 is 3.06 bits per heavy atom. The largest absolute Gasteiger partial charge is 0.337 e. The molecule has 0 aliphatic heterocycles. The molecule has 0 unspecified atom stereocenters. The summed E-state index contributed by atoms with van der Waals surface area (Å²) < 4.78 is 6.77. The lowest BCUT2D eigenvalue weighted by molar-refractivity contribution is 0.360. The van der Waals surface area contributed by atoms with E-state index in [0.29, 0.717) is 12.4 Å². The van der Waals surface area contributed by atoms with E-state index in [1.54, 1.807) is 4.68 Å². The lowest BCUT2D eigenvalue weighted by Gasteiger charge is -1.92. The zero-order valence-corrected chi connectivity index (χ0v) is 10.5. The topological polar surface area (TPSA) is 69.6 Å². The summed E-state index contributed by atoms with van der Waals surface area (Å²) in [6.45, 7) is 2.46. The third kappa shape index (κ3) is 2.66. The number of halogens is 1. The standard InChI is InChI=1S/C9H12BrN5O/c1-2-8-11-9(16-13-8)6-15-5-7(3-4-10)12-14-15/h5H,2-4,6H2,1H3. The number of alkyl halides is 1. The summed E-state index contributed by atoms with van der Waals surface area (Å²) in [5.74, 6) is 1.28. The van der Waals surface area contributed by atoms with Gasteiger partial charge in [-0.05, 0) is 0 Å². The van der Waals surface area contributed by atoms with Crippen LogP contribution < -0.4 is 0 Å². The van der Waals surface area contributed by atoms with E-state index in [2.05, 4.69) is 36.4 Å². The SMILES string of the molecule is CCc1noc(Cn2cc(CCBr)nn2)n1. The van der Waals surface area contributed by atoms with Crippen LogP contribution >= 0.6 is 15.9 Å². The minimum atomic E-state index is 0.474. The second-order valence-corrected chi connectivity index (χ2v) is 4.10. The van der Waals surface area contributed by atoms with Gasteiger partial charge in [-0.25, -0.2) is 4.68 Å². The van der Waals surface area contributed by atoms with Crippen LogP contribution in [-0.2, 0) is 19.4 Å². The quantitative estimate of drug-likeness (QED) is 0.773. The smallest absolute Gasteiger partial charge is 0.248 e. The van der Waals surface area contributed by atoms with Gasteiger partial charge in [0.2, 0.25) is 5.89 Å². The summed E-state index contributed by atoms with van der Waals surface area (Å²) in [4.78, 5) is 4.20. The molecule has 86 valence electrons. The predicted octanol–water partition coefficient (Wildman–Crippen LogP) is 1.21. The van der Waals surface area contributed by atoms with E-state index in [1.165, 1.54) is 0 Å². The van der Waals surface area contributed by atoms with Gasteiger partial charge in [0.15, 0.2) is 5.82 Å². The van der Waals surface area contributed by atoms with E-state index >= 15 is 0 Å². The molecule has 0 saturated carbocycles. The van der Waals surface area contributed by atoms with Crippen molar-refractivity contribution in [2.75, 3.05) is 5.33 Å². The Morgan fingerprint density at radius 1 is 1.50 bits per heavy atom. The van der Waals surface area contributed by atoms with E-state index in [0.717, 1.165) is 29.7 Å². The zero-order valence-electron chi connectivity index (χ0n) is 8.93. The Bertz CT molecular complexity index is 452. The second kappa shape index (κ2) is 5.20. The number of rotatable bonds is 5. The molecule has 0 fully saturated rings. The highest BCUT2D eigenvalue weighted by atomic mass is 79.9. The minimum Gasteiger partial charge on any atom is -0.337 e. The minimum absolute atomic E-state index is 0.474. The molecule has 2 aromatic heterocycles. The second-order valence-electron chi connectivity index (χ2n) is 3.30. The van der Waals surface area contributed by atoms with Crippen LogP contribution in [0.25, 0.3) is 0 Å². The van der Waals surface area contributed by atoms with Crippen molar-refractivity contribution in [1.82, 2.24) is 25.1 Å². The Hall–Kier alpha value is -1.24. The molecular formula is C9H12BrN5O. The van der Waals surface area contributed by atoms with Crippen LogP contribution in [0.3, 0.4) is 0 Å². The van der Waals surface area contributed by atoms with Crippen molar-refractivity contribution in [2.24, 2.45) is 0 Å². The summed E-state index contributed by atoms with van der Waals surface area (Å²) in [6.07, 6.45) is 3.52. The van der Waals surface area contributed by atoms with Crippen LogP contribution in [0.5, 0.6) is 0 Å². The molecular weight excluding hydrogens is 274 g/mol. The molecule has 0 bridgehead atoms. The van der Waals surface area contributed by atoms with Gasteiger partial charge >= 0.3 is 0 Å². The van der Waals surface area contributed by atoms with Gasteiger partial charge in [0.1, 0.15) is 6.54 Å². The Labute approximate surface area is 101 Å². The first-order chi connectivity index (χ1) is 7.81. The van der Waals surface area contributed by atoms with Gasteiger partial charge in [-0.1, -0.05) is 33.2 Å². The van der Waals surface area contributed by atoms with Crippen LogP contribution in [0.4, 0.5) is 0 Å². The molecule has 0 atom stereocenters. The summed E-state index contributed by atoms with van der Waals surface area (Å²) in [5, 5.41) is 12.7. The lowest BCUT2D eigenvalue weighted by atomic mass is 10.4. The molecule has 0 aromatic carbocycles. The molecule has 0 aliphatic rings.